The maximum Gasteiger partial charge on any atom is 0.170 e. The van der Waals surface area contributed by atoms with Crippen LogP contribution in [0.15, 0.2) is 4.52 Å². The molecule has 13 heavy (non-hydrogen) atoms. The quantitative estimate of drug-likeness (QED) is 0.761. The maximum absolute atomic E-state index is 5.75. The van der Waals surface area contributed by atoms with E-state index in [-0.39, 0.29) is 0 Å². The molecule has 72 valence electrons. The van der Waals surface area contributed by atoms with E-state index in [9.17, 15) is 0 Å². The van der Waals surface area contributed by atoms with E-state index in [0.29, 0.717) is 17.7 Å². The third kappa shape index (κ3) is 1.32. The predicted molar refractivity (Wildman–Crippen MR) is 51.6 cm³/mol. The number of rotatable bonds is 2. The van der Waals surface area contributed by atoms with Crippen molar-refractivity contribution in [1.82, 2.24) is 5.16 Å². The summed E-state index contributed by atoms with van der Waals surface area (Å²) in [6.07, 6.45) is 3.77. The van der Waals surface area contributed by atoms with Crippen LogP contribution in [0.1, 0.15) is 56.3 Å². The van der Waals surface area contributed by atoms with Crippen LogP contribution >= 0.6 is 0 Å². The van der Waals surface area contributed by atoms with E-state index in [2.05, 4.69) is 19.0 Å². The van der Waals surface area contributed by atoms with Crippen LogP contribution in [0.3, 0.4) is 0 Å². The number of anilines is 1. The lowest BCUT2D eigenvalue weighted by molar-refractivity contribution is 0.298. The van der Waals surface area contributed by atoms with Crippen molar-refractivity contribution in [2.24, 2.45) is 0 Å². The molecule has 1 aromatic rings. The molecule has 0 saturated heterocycles. The molecule has 2 N–H and O–H groups in total. The van der Waals surface area contributed by atoms with Gasteiger partial charge < -0.3 is 10.3 Å². The van der Waals surface area contributed by atoms with Crippen LogP contribution in [-0.4, -0.2) is 5.16 Å². The average molecular weight is 180 g/mol. The van der Waals surface area contributed by atoms with Crippen molar-refractivity contribution in [1.29, 1.82) is 0 Å². The molecule has 2 rings (SSSR count). The van der Waals surface area contributed by atoms with Gasteiger partial charge in [-0.3, -0.25) is 0 Å². The Morgan fingerprint density at radius 2 is 2.15 bits per heavy atom. The Kier molecular flexibility index (Phi) is 2.02. The summed E-state index contributed by atoms with van der Waals surface area (Å²) in [6, 6.07) is 0. The molecule has 0 atom stereocenters. The fourth-order valence-corrected chi connectivity index (χ4v) is 1.87. The van der Waals surface area contributed by atoms with Gasteiger partial charge in [-0.15, -0.1) is 0 Å². The van der Waals surface area contributed by atoms with Crippen LogP contribution in [-0.2, 0) is 0 Å². The highest BCUT2D eigenvalue weighted by Crippen LogP contribution is 2.41. The first-order chi connectivity index (χ1) is 6.20. The second-order valence-corrected chi connectivity index (χ2v) is 4.13. The van der Waals surface area contributed by atoms with Gasteiger partial charge in [0.2, 0.25) is 0 Å². The number of hydrogen-bond acceptors (Lipinski definition) is 3. The number of nitrogens with zero attached hydrogens (tertiary/aromatic N) is 1. The molecule has 0 radical (unpaired) electrons. The molecule has 1 aliphatic carbocycles. The number of nitrogens with two attached hydrogens (primary N) is 1. The van der Waals surface area contributed by atoms with Gasteiger partial charge in [0, 0.05) is 11.5 Å². The van der Waals surface area contributed by atoms with E-state index < -0.39 is 0 Å². The largest absolute Gasteiger partial charge is 0.381 e. The summed E-state index contributed by atoms with van der Waals surface area (Å²) in [7, 11) is 0. The highest BCUT2D eigenvalue weighted by Gasteiger charge is 2.28. The van der Waals surface area contributed by atoms with E-state index in [1.165, 1.54) is 19.3 Å². The number of nitrogen functional groups attached to an aromatic ring is 1. The highest BCUT2D eigenvalue weighted by molar-refractivity contribution is 5.44. The van der Waals surface area contributed by atoms with Gasteiger partial charge in [0.1, 0.15) is 5.76 Å². The van der Waals surface area contributed by atoms with Crippen molar-refractivity contribution in [3.8, 4) is 0 Å². The molecule has 1 heterocycles. The van der Waals surface area contributed by atoms with Gasteiger partial charge >= 0.3 is 0 Å². The summed E-state index contributed by atoms with van der Waals surface area (Å²) in [5, 5.41) is 3.84. The lowest BCUT2D eigenvalue weighted by atomic mass is 9.80. The molecule has 0 aliphatic heterocycles. The third-order valence-corrected chi connectivity index (χ3v) is 2.84. The molecular formula is C10H16N2O. The predicted octanol–water partition coefficient (Wildman–Crippen LogP) is 2.65. The summed E-state index contributed by atoms with van der Waals surface area (Å²) in [5.74, 6) is 2.62. The van der Waals surface area contributed by atoms with Crippen molar-refractivity contribution in [2.45, 2.75) is 44.9 Å². The van der Waals surface area contributed by atoms with Crippen molar-refractivity contribution >= 4 is 5.82 Å². The third-order valence-electron chi connectivity index (χ3n) is 2.84. The van der Waals surface area contributed by atoms with Crippen molar-refractivity contribution in [2.75, 3.05) is 5.73 Å². The first-order valence-electron chi connectivity index (χ1n) is 4.95. The van der Waals surface area contributed by atoms with E-state index >= 15 is 0 Å². The van der Waals surface area contributed by atoms with E-state index in [4.69, 9.17) is 10.3 Å². The molecule has 1 fully saturated rings. The lowest BCUT2D eigenvalue weighted by Gasteiger charge is -2.24. The van der Waals surface area contributed by atoms with Crippen LogP contribution < -0.4 is 5.73 Å². The molecule has 0 bridgehead atoms. The first-order valence-corrected chi connectivity index (χ1v) is 4.95. The molecule has 0 unspecified atom stereocenters. The Hall–Kier alpha value is -0.990. The monoisotopic (exact) mass is 180 g/mol. The Morgan fingerprint density at radius 3 is 2.62 bits per heavy atom. The fraction of sp³-hybridized carbons (Fsp3) is 0.700. The fourth-order valence-electron chi connectivity index (χ4n) is 1.87. The summed E-state index contributed by atoms with van der Waals surface area (Å²) >= 11 is 0. The normalized spacial score (nSPS) is 17.8. The van der Waals surface area contributed by atoms with Crippen LogP contribution in [0.25, 0.3) is 0 Å². The zero-order valence-corrected chi connectivity index (χ0v) is 8.21. The molecule has 0 spiro atoms. The zero-order chi connectivity index (χ0) is 9.42. The van der Waals surface area contributed by atoms with E-state index in [0.717, 1.165) is 11.3 Å². The standard InChI is InChI=1S/C10H16N2O/c1-6(2)8-9(7-4-3-5-7)13-12-10(8)11/h6-7H,3-5H2,1-2H3,(H2,11,12). The minimum absolute atomic E-state index is 0.418. The molecule has 0 amide bonds. The summed E-state index contributed by atoms with van der Waals surface area (Å²) in [5.41, 5.74) is 6.88. The Balaban J connectivity index is 2.33. The number of hydrogen-bond donors (Lipinski definition) is 1. The van der Waals surface area contributed by atoms with Gasteiger partial charge in [-0.25, -0.2) is 0 Å². The SMILES string of the molecule is CC(C)c1c(N)noc1C1CCC1. The van der Waals surface area contributed by atoms with Gasteiger partial charge in [-0.2, -0.15) is 0 Å². The molecular weight excluding hydrogens is 164 g/mol. The van der Waals surface area contributed by atoms with Crippen LogP contribution in [0.5, 0.6) is 0 Å². The molecule has 3 heteroatoms. The Bertz CT molecular complexity index is 300. The summed E-state index contributed by atoms with van der Waals surface area (Å²) in [4.78, 5) is 0. The molecule has 1 aromatic heterocycles. The van der Waals surface area contributed by atoms with Crippen molar-refractivity contribution in [3.05, 3.63) is 11.3 Å². The highest BCUT2D eigenvalue weighted by atomic mass is 16.5. The van der Waals surface area contributed by atoms with Crippen molar-refractivity contribution in [3.63, 3.8) is 0 Å². The van der Waals surface area contributed by atoms with Crippen LogP contribution in [0.2, 0.25) is 0 Å². The van der Waals surface area contributed by atoms with E-state index in [1.54, 1.807) is 0 Å². The Morgan fingerprint density at radius 1 is 1.46 bits per heavy atom. The first kappa shape index (κ1) is 8.60. The van der Waals surface area contributed by atoms with Crippen LogP contribution in [0, 0.1) is 0 Å². The summed E-state index contributed by atoms with van der Waals surface area (Å²) in [6.45, 7) is 4.26. The molecule has 1 saturated carbocycles. The lowest BCUT2D eigenvalue weighted by Crippen LogP contribution is -2.10. The maximum atomic E-state index is 5.75. The molecule has 0 aromatic carbocycles. The summed E-state index contributed by atoms with van der Waals surface area (Å²) < 4.78 is 5.29. The van der Waals surface area contributed by atoms with Gasteiger partial charge in [0.15, 0.2) is 5.82 Å². The molecule has 1 aliphatic rings. The molecule has 3 nitrogen and oxygen atoms in total. The zero-order valence-electron chi connectivity index (χ0n) is 8.21. The van der Waals surface area contributed by atoms with Gasteiger partial charge in [0.05, 0.1) is 0 Å². The number of aromatic nitrogens is 1. The van der Waals surface area contributed by atoms with Gasteiger partial charge in [0.25, 0.3) is 0 Å². The van der Waals surface area contributed by atoms with Crippen LogP contribution in [0.4, 0.5) is 5.82 Å². The minimum Gasteiger partial charge on any atom is -0.381 e. The van der Waals surface area contributed by atoms with E-state index in [1.807, 2.05) is 0 Å². The average Bonchev–Trinajstić information content (AvgIpc) is 2.28. The topological polar surface area (TPSA) is 52.0 Å². The van der Waals surface area contributed by atoms with Gasteiger partial charge in [-0.05, 0) is 18.8 Å². The second-order valence-electron chi connectivity index (χ2n) is 4.13. The van der Waals surface area contributed by atoms with Crippen molar-refractivity contribution < 1.29 is 4.52 Å². The minimum atomic E-state index is 0.418. The second kappa shape index (κ2) is 3.05. The smallest absolute Gasteiger partial charge is 0.170 e. The van der Waals surface area contributed by atoms with Gasteiger partial charge in [-0.1, -0.05) is 25.4 Å². The Labute approximate surface area is 78.3 Å².